The van der Waals surface area contributed by atoms with E-state index >= 15 is 0 Å². The monoisotopic (exact) mass is 393 g/mol. The van der Waals surface area contributed by atoms with Gasteiger partial charge in [-0.25, -0.2) is 0 Å². The van der Waals surface area contributed by atoms with Crippen molar-refractivity contribution in [2.24, 2.45) is 16.6 Å². The highest BCUT2D eigenvalue weighted by atomic mass is 16.2. The maximum Gasteiger partial charge on any atom is 0.225 e. The van der Waals surface area contributed by atoms with Crippen molar-refractivity contribution in [3.05, 3.63) is 54.4 Å². The maximum atomic E-state index is 12.8. The van der Waals surface area contributed by atoms with Crippen LogP contribution in [-0.2, 0) is 16.0 Å². The van der Waals surface area contributed by atoms with Crippen LogP contribution in [0.2, 0.25) is 0 Å². The number of likely N-dealkylation sites (tertiary alicyclic amines) is 1. The normalized spacial score (nSPS) is 19.8. The van der Waals surface area contributed by atoms with Gasteiger partial charge < -0.3 is 10.6 Å². The van der Waals surface area contributed by atoms with Gasteiger partial charge in [0.05, 0.1) is 5.41 Å². The molecule has 1 atom stereocenters. The van der Waals surface area contributed by atoms with Crippen LogP contribution >= 0.6 is 0 Å². The highest BCUT2D eigenvalue weighted by Gasteiger charge is 2.42. The molecule has 1 aromatic carbocycles. The summed E-state index contributed by atoms with van der Waals surface area (Å²) < 4.78 is 0. The molecule has 1 saturated heterocycles. The minimum Gasteiger partial charge on any atom is -0.369 e. The van der Waals surface area contributed by atoms with Gasteiger partial charge in [0.25, 0.3) is 0 Å². The summed E-state index contributed by atoms with van der Waals surface area (Å²) in [6, 6.07) is 12.0. The number of primary amides is 1. The van der Waals surface area contributed by atoms with E-state index < -0.39 is 5.41 Å². The summed E-state index contributed by atoms with van der Waals surface area (Å²) in [7, 11) is 0. The predicted molar refractivity (Wildman–Crippen MR) is 115 cm³/mol. The van der Waals surface area contributed by atoms with Crippen molar-refractivity contribution in [1.82, 2.24) is 9.88 Å². The van der Waals surface area contributed by atoms with Gasteiger partial charge in [0.1, 0.15) is 0 Å². The second-order valence-corrected chi connectivity index (χ2v) is 9.38. The van der Waals surface area contributed by atoms with E-state index in [2.05, 4.69) is 25.8 Å². The fourth-order valence-electron chi connectivity index (χ4n) is 4.19. The van der Waals surface area contributed by atoms with Crippen LogP contribution < -0.4 is 5.73 Å². The first kappa shape index (κ1) is 21.0. The van der Waals surface area contributed by atoms with Crippen LogP contribution in [0.25, 0.3) is 11.1 Å². The molecule has 2 aromatic rings. The molecule has 29 heavy (non-hydrogen) atoms. The quantitative estimate of drug-likeness (QED) is 0.839. The molecular formula is C24H31N3O2. The van der Waals surface area contributed by atoms with Gasteiger partial charge in [-0.2, -0.15) is 0 Å². The molecular weight excluding hydrogens is 362 g/mol. The van der Waals surface area contributed by atoms with Crippen molar-refractivity contribution < 1.29 is 9.59 Å². The van der Waals surface area contributed by atoms with E-state index in [4.69, 9.17) is 5.73 Å². The zero-order chi connectivity index (χ0) is 21.1. The number of nitrogens with zero attached hydrogens (tertiary/aromatic N) is 2. The van der Waals surface area contributed by atoms with Crippen LogP contribution in [0.15, 0.2) is 48.8 Å². The third-order valence-corrected chi connectivity index (χ3v) is 5.65. The summed E-state index contributed by atoms with van der Waals surface area (Å²) in [4.78, 5) is 31.5. The molecule has 2 heterocycles. The fourth-order valence-corrected chi connectivity index (χ4v) is 4.19. The highest BCUT2D eigenvalue weighted by molar-refractivity contribution is 5.84. The number of benzene rings is 1. The van der Waals surface area contributed by atoms with E-state index in [-0.39, 0.29) is 17.2 Å². The lowest BCUT2D eigenvalue weighted by Crippen LogP contribution is -2.53. The molecule has 1 fully saturated rings. The molecule has 0 saturated carbocycles. The Morgan fingerprint density at radius 1 is 1.17 bits per heavy atom. The Labute approximate surface area is 173 Å². The molecule has 0 radical (unpaired) electrons. The van der Waals surface area contributed by atoms with E-state index in [1.165, 1.54) is 0 Å². The van der Waals surface area contributed by atoms with E-state index in [0.29, 0.717) is 32.4 Å². The third-order valence-electron chi connectivity index (χ3n) is 5.65. The third kappa shape index (κ3) is 5.03. The highest BCUT2D eigenvalue weighted by Crippen LogP contribution is 2.37. The van der Waals surface area contributed by atoms with Crippen molar-refractivity contribution in [3.8, 4) is 11.1 Å². The SMILES string of the molecule is CC(C)(C)CC(=O)N1CCC[C@](Cc2ccccc2-c2cccnc2)(C(N)=O)C1. The van der Waals surface area contributed by atoms with Gasteiger partial charge >= 0.3 is 0 Å². The Morgan fingerprint density at radius 3 is 2.59 bits per heavy atom. The zero-order valence-corrected chi connectivity index (χ0v) is 17.6. The number of rotatable bonds is 5. The molecule has 2 amide bonds. The van der Waals surface area contributed by atoms with Gasteiger partial charge in [-0.3, -0.25) is 14.6 Å². The van der Waals surface area contributed by atoms with Crippen molar-refractivity contribution >= 4 is 11.8 Å². The summed E-state index contributed by atoms with van der Waals surface area (Å²) in [6.07, 6.45) is 6.05. The molecule has 1 aliphatic heterocycles. The van der Waals surface area contributed by atoms with E-state index in [1.54, 1.807) is 6.20 Å². The summed E-state index contributed by atoms with van der Waals surface area (Å²) >= 11 is 0. The van der Waals surface area contributed by atoms with Gasteiger partial charge in [0, 0.05) is 37.5 Å². The van der Waals surface area contributed by atoms with E-state index in [1.807, 2.05) is 47.5 Å². The molecule has 1 aromatic heterocycles. The molecule has 3 rings (SSSR count). The lowest BCUT2D eigenvalue weighted by atomic mass is 9.73. The Bertz CT molecular complexity index is 873. The first-order chi connectivity index (χ1) is 13.7. The number of amides is 2. The summed E-state index contributed by atoms with van der Waals surface area (Å²) in [5, 5.41) is 0. The van der Waals surface area contributed by atoms with Crippen LogP contribution in [0.5, 0.6) is 0 Å². The van der Waals surface area contributed by atoms with Crippen LogP contribution in [0.4, 0.5) is 0 Å². The Morgan fingerprint density at radius 2 is 1.93 bits per heavy atom. The van der Waals surface area contributed by atoms with Gasteiger partial charge in [-0.1, -0.05) is 51.1 Å². The molecule has 0 bridgehead atoms. The Balaban J connectivity index is 1.89. The average molecular weight is 394 g/mol. The predicted octanol–water partition coefficient (Wildman–Crippen LogP) is 3.82. The van der Waals surface area contributed by atoms with E-state index in [9.17, 15) is 9.59 Å². The smallest absolute Gasteiger partial charge is 0.225 e. The van der Waals surface area contributed by atoms with Crippen molar-refractivity contribution in [1.29, 1.82) is 0 Å². The van der Waals surface area contributed by atoms with Crippen LogP contribution in [0.1, 0.15) is 45.6 Å². The second-order valence-electron chi connectivity index (χ2n) is 9.38. The van der Waals surface area contributed by atoms with Crippen LogP contribution in [-0.4, -0.2) is 34.8 Å². The minimum atomic E-state index is -0.746. The topological polar surface area (TPSA) is 76.3 Å². The Hall–Kier alpha value is -2.69. The lowest BCUT2D eigenvalue weighted by Gasteiger charge is -2.42. The van der Waals surface area contributed by atoms with Gasteiger partial charge in [-0.05, 0) is 41.9 Å². The Kier molecular flexibility index (Phi) is 6.06. The second kappa shape index (κ2) is 8.36. The molecule has 154 valence electrons. The van der Waals surface area contributed by atoms with Gasteiger partial charge in [0.2, 0.25) is 11.8 Å². The number of pyridine rings is 1. The molecule has 5 heteroatoms. The van der Waals surface area contributed by atoms with Crippen molar-refractivity contribution in [3.63, 3.8) is 0 Å². The minimum absolute atomic E-state index is 0.0865. The average Bonchev–Trinajstić information content (AvgIpc) is 2.68. The molecule has 0 aliphatic carbocycles. The number of nitrogens with two attached hydrogens (primary N) is 1. The largest absolute Gasteiger partial charge is 0.369 e. The van der Waals surface area contributed by atoms with E-state index in [0.717, 1.165) is 23.1 Å². The fraction of sp³-hybridized carbons (Fsp3) is 0.458. The number of piperidine rings is 1. The van der Waals surface area contributed by atoms with Crippen molar-refractivity contribution in [2.45, 2.75) is 46.5 Å². The molecule has 5 nitrogen and oxygen atoms in total. The van der Waals surface area contributed by atoms with Crippen molar-refractivity contribution in [2.75, 3.05) is 13.1 Å². The number of aromatic nitrogens is 1. The van der Waals surface area contributed by atoms with Crippen LogP contribution in [0, 0.1) is 10.8 Å². The number of carbonyl (C=O) groups is 2. The van der Waals surface area contributed by atoms with Gasteiger partial charge in [0.15, 0.2) is 0 Å². The molecule has 0 unspecified atom stereocenters. The van der Waals surface area contributed by atoms with Crippen LogP contribution in [0.3, 0.4) is 0 Å². The standard InChI is InChI=1S/C24H31N3O2/c1-23(2,3)15-21(28)27-13-7-11-24(17-27,22(25)29)14-18-8-4-5-10-20(18)19-9-6-12-26-16-19/h4-6,8-10,12,16H,7,11,13-15,17H2,1-3H3,(H2,25,29)/t24-/m1/s1. The first-order valence-corrected chi connectivity index (χ1v) is 10.3. The molecule has 2 N–H and O–H groups in total. The van der Waals surface area contributed by atoms with Gasteiger partial charge in [-0.15, -0.1) is 0 Å². The summed E-state index contributed by atoms with van der Waals surface area (Å²) in [6.45, 7) is 7.24. The molecule has 1 aliphatic rings. The first-order valence-electron chi connectivity index (χ1n) is 10.3. The lowest BCUT2D eigenvalue weighted by molar-refractivity contribution is -0.141. The zero-order valence-electron chi connectivity index (χ0n) is 17.6. The molecule has 0 spiro atoms. The number of carbonyl (C=O) groups excluding carboxylic acids is 2. The summed E-state index contributed by atoms with van der Waals surface area (Å²) in [5.74, 6) is -0.227. The summed E-state index contributed by atoms with van der Waals surface area (Å²) in [5.41, 5.74) is 8.23. The maximum absolute atomic E-state index is 12.8. The number of hydrogen-bond donors (Lipinski definition) is 1. The number of hydrogen-bond acceptors (Lipinski definition) is 3.